The number of aromatic nitrogens is 2. The second-order valence-electron chi connectivity index (χ2n) is 5.89. The maximum Gasteiger partial charge on any atom is 0.276 e. The summed E-state index contributed by atoms with van der Waals surface area (Å²) in [4.78, 5) is 18.8. The Labute approximate surface area is 139 Å². The molecule has 1 aromatic carbocycles. The van der Waals surface area contributed by atoms with Gasteiger partial charge in [0.15, 0.2) is 11.5 Å². The fraction of sp³-hybridized carbons (Fsp3) is 0.211. The molecule has 0 spiro atoms. The summed E-state index contributed by atoms with van der Waals surface area (Å²) in [6.45, 7) is 0.744. The van der Waals surface area contributed by atoms with Crippen molar-refractivity contribution < 1.29 is 9.32 Å². The van der Waals surface area contributed by atoms with Crippen molar-refractivity contribution in [2.75, 3.05) is 6.54 Å². The topological polar surface area (TPSA) is 59.2 Å². The summed E-state index contributed by atoms with van der Waals surface area (Å²) < 4.78 is 5.33. The van der Waals surface area contributed by atoms with Gasteiger partial charge in [-0.05, 0) is 30.5 Å². The van der Waals surface area contributed by atoms with Gasteiger partial charge in [-0.2, -0.15) is 0 Å². The smallest absolute Gasteiger partial charge is 0.276 e. The lowest BCUT2D eigenvalue weighted by atomic mass is 10.0. The molecule has 1 aliphatic heterocycles. The molecular weight excluding hydrogens is 302 g/mol. The second-order valence-corrected chi connectivity index (χ2v) is 5.89. The molecule has 0 bridgehead atoms. The largest absolute Gasteiger partial charge is 0.355 e. The van der Waals surface area contributed by atoms with E-state index in [4.69, 9.17) is 4.52 Å². The lowest BCUT2D eigenvalue weighted by molar-refractivity contribution is 0.0725. The van der Waals surface area contributed by atoms with Crippen molar-refractivity contribution >= 4 is 5.91 Å². The van der Waals surface area contributed by atoms with Crippen LogP contribution < -0.4 is 0 Å². The minimum Gasteiger partial charge on any atom is -0.355 e. The summed E-state index contributed by atoms with van der Waals surface area (Å²) in [7, 11) is 0. The quantitative estimate of drug-likeness (QED) is 0.738. The molecule has 1 amide bonds. The lowest BCUT2D eigenvalue weighted by Gasteiger charge is -2.24. The zero-order valence-electron chi connectivity index (χ0n) is 13.1. The van der Waals surface area contributed by atoms with Gasteiger partial charge in [-0.3, -0.25) is 9.78 Å². The summed E-state index contributed by atoms with van der Waals surface area (Å²) in [5.74, 6) is 0.474. The van der Waals surface area contributed by atoms with Crippen molar-refractivity contribution in [2.45, 2.75) is 18.9 Å². The molecule has 0 N–H and O–H groups in total. The third-order valence-corrected chi connectivity index (χ3v) is 4.37. The summed E-state index contributed by atoms with van der Waals surface area (Å²) in [6.07, 6.45) is 5.36. The van der Waals surface area contributed by atoms with Crippen LogP contribution in [0.4, 0.5) is 0 Å². The van der Waals surface area contributed by atoms with Crippen molar-refractivity contribution in [3.05, 3.63) is 72.2 Å². The van der Waals surface area contributed by atoms with E-state index in [1.54, 1.807) is 18.5 Å². The van der Waals surface area contributed by atoms with E-state index in [2.05, 4.69) is 22.3 Å². The Bertz CT molecular complexity index is 830. The Morgan fingerprint density at radius 1 is 1.17 bits per heavy atom. The van der Waals surface area contributed by atoms with Crippen molar-refractivity contribution in [3.63, 3.8) is 0 Å². The highest BCUT2D eigenvalue weighted by atomic mass is 16.5. The van der Waals surface area contributed by atoms with E-state index < -0.39 is 0 Å². The second kappa shape index (κ2) is 6.28. The highest BCUT2D eigenvalue weighted by molar-refractivity contribution is 5.93. The van der Waals surface area contributed by atoms with Crippen LogP contribution in [0, 0.1) is 0 Å². The van der Waals surface area contributed by atoms with Crippen LogP contribution in [0.5, 0.6) is 0 Å². The minimum atomic E-state index is -0.0831. The van der Waals surface area contributed by atoms with E-state index in [9.17, 15) is 4.79 Å². The first-order chi connectivity index (χ1) is 11.8. The molecule has 3 aromatic rings. The fourth-order valence-corrected chi connectivity index (χ4v) is 3.20. The van der Waals surface area contributed by atoms with Gasteiger partial charge in [-0.25, -0.2) is 0 Å². The highest BCUT2D eigenvalue weighted by Crippen LogP contribution is 2.33. The van der Waals surface area contributed by atoms with Gasteiger partial charge in [0.2, 0.25) is 0 Å². The van der Waals surface area contributed by atoms with Crippen molar-refractivity contribution in [3.8, 4) is 11.3 Å². The lowest BCUT2D eigenvalue weighted by Crippen LogP contribution is -2.30. The van der Waals surface area contributed by atoms with E-state index in [1.165, 1.54) is 5.56 Å². The highest BCUT2D eigenvalue weighted by Gasteiger charge is 2.32. The molecule has 0 saturated carbocycles. The van der Waals surface area contributed by atoms with Crippen molar-refractivity contribution in [2.24, 2.45) is 0 Å². The Morgan fingerprint density at radius 2 is 2.04 bits per heavy atom. The Balaban J connectivity index is 1.58. The van der Waals surface area contributed by atoms with Crippen LogP contribution in [0.25, 0.3) is 11.3 Å². The molecular formula is C19H17N3O2. The average molecular weight is 319 g/mol. The number of hydrogen-bond donors (Lipinski definition) is 0. The number of likely N-dealkylation sites (tertiary alicyclic amines) is 1. The van der Waals surface area contributed by atoms with Gasteiger partial charge in [-0.1, -0.05) is 35.5 Å². The maximum absolute atomic E-state index is 12.9. The predicted octanol–water partition coefficient (Wildman–Crippen LogP) is 3.71. The number of nitrogens with zero attached hydrogens (tertiary/aromatic N) is 3. The SMILES string of the molecule is O=C(c1cc(-c2cccnc2)on1)N1CCC[C@H]1c1ccccc1. The molecule has 4 rings (SSSR count). The van der Waals surface area contributed by atoms with E-state index in [0.717, 1.165) is 24.9 Å². The first-order valence-electron chi connectivity index (χ1n) is 8.06. The number of carbonyl (C=O) groups excluding carboxylic acids is 1. The third kappa shape index (κ3) is 2.69. The summed E-state index contributed by atoms with van der Waals surface area (Å²) in [5.41, 5.74) is 2.32. The third-order valence-electron chi connectivity index (χ3n) is 4.37. The molecule has 0 radical (unpaired) electrons. The summed E-state index contributed by atoms with van der Waals surface area (Å²) in [6, 6.07) is 15.6. The molecule has 0 aliphatic carbocycles. The number of rotatable bonds is 3. The van der Waals surface area contributed by atoms with Crippen LogP contribution in [0.1, 0.15) is 34.9 Å². The Hall–Kier alpha value is -2.95. The van der Waals surface area contributed by atoms with Gasteiger partial charge in [0.25, 0.3) is 5.91 Å². The monoisotopic (exact) mass is 319 g/mol. The van der Waals surface area contributed by atoms with E-state index in [-0.39, 0.29) is 11.9 Å². The normalized spacial score (nSPS) is 17.2. The molecule has 0 unspecified atom stereocenters. The van der Waals surface area contributed by atoms with E-state index >= 15 is 0 Å². The summed E-state index contributed by atoms with van der Waals surface area (Å²) >= 11 is 0. The van der Waals surface area contributed by atoms with Crippen LogP contribution in [0.2, 0.25) is 0 Å². The van der Waals surface area contributed by atoms with Gasteiger partial charge in [0, 0.05) is 30.6 Å². The van der Waals surface area contributed by atoms with Crippen molar-refractivity contribution in [1.82, 2.24) is 15.0 Å². The Kier molecular flexibility index (Phi) is 3.83. The van der Waals surface area contributed by atoms with Gasteiger partial charge in [0.1, 0.15) is 0 Å². The van der Waals surface area contributed by atoms with E-state index in [0.29, 0.717) is 11.5 Å². The number of benzene rings is 1. The number of carbonyl (C=O) groups is 1. The number of pyridine rings is 1. The zero-order valence-corrected chi connectivity index (χ0v) is 13.1. The molecule has 5 heteroatoms. The molecule has 24 heavy (non-hydrogen) atoms. The molecule has 1 saturated heterocycles. The zero-order chi connectivity index (χ0) is 16.4. The molecule has 3 heterocycles. The first-order valence-corrected chi connectivity index (χ1v) is 8.06. The van der Waals surface area contributed by atoms with Gasteiger partial charge in [0.05, 0.1) is 6.04 Å². The maximum atomic E-state index is 12.9. The number of hydrogen-bond acceptors (Lipinski definition) is 4. The fourth-order valence-electron chi connectivity index (χ4n) is 3.20. The van der Waals surface area contributed by atoms with Crippen LogP contribution >= 0.6 is 0 Å². The summed E-state index contributed by atoms with van der Waals surface area (Å²) in [5, 5.41) is 3.97. The average Bonchev–Trinajstić information content (AvgIpc) is 3.32. The predicted molar refractivity (Wildman–Crippen MR) is 89.2 cm³/mol. The van der Waals surface area contributed by atoms with Gasteiger partial charge >= 0.3 is 0 Å². The first kappa shape index (κ1) is 14.6. The molecule has 5 nitrogen and oxygen atoms in total. The molecule has 1 aliphatic rings. The van der Waals surface area contributed by atoms with E-state index in [1.807, 2.05) is 35.2 Å². The molecule has 1 fully saturated rings. The van der Waals surface area contributed by atoms with Gasteiger partial charge in [-0.15, -0.1) is 0 Å². The number of amides is 1. The van der Waals surface area contributed by atoms with Crippen LogP contribution in [0.15, 0.2) is 65.4 Å². The van der Waals surface area contributed by atoms with Crippen LogP contribution in [0.3, 0.4) is 0 Å². The van der Waals surface area contributed by atoms with Crippen LogP contribution in [-0.2, 0) is 0 Å². The molecule has 1 atom stereocenters. The minimum absolute atomic E-state index is 0.0831. The van der Waals surface area contributed by atoms with Crippen LogP contribution in [-0.4, -0.2) is 27.5 Å². The standard InChI is InChI=1S/C19H17N3O2/c23-19(16-12-18(24-21-16)15-8-4-10-20-13-15)22-11-5-9-17(22)14-6-2-1-3-7-14/h1-4,6-8,10,12-13,17H,5,9,11H2/t17-/m0/s1. The van der Waals surface area contributed by atoms with Gasteiger partial charge < -0.3 is 9.42 Å². The molecule has 2 aromatic heterocycles. The Morgan fingerprint density at radius 3 is 2.83 bits per heavy atom. The molecule has 120 valence electrons. The van der Waals surface area contributed by atoms with Crippen molar-refractivity contribution in [1.29, 1.82) is 0 Å².